The van der Waals surface area contributed by atoms with Gasteiger partial charge in [-0.2, -0.15) is 4.31 Å². The van der Waals surface area contributed by atoms with Crippen LogP contribution in [0.2, 0.25) is 0 Å². The highest BCUT2D eigenvalue weighted by molar-refractivity contribution is 7.89. The number of hydrogen-bond donors (Lipinski definition) is 0. The number of aliphatic imine (C=N–C) groups is 1. The number of hydrogen-bond acceptors (Lipinski definition) is 6. The Hall–Kier alpha value is -1.77. The van der Waals surface area contributed by atoms with Crippen molar-refractivity contribution in [2.24, 2.45) is 10.4 Å². The third-order valence-electron chi connectivity index (χ3n) is 6.97. The number of amidine groups is 1. The quantitative estimate of drug-likeness (QED) is 0.752. The predicted octanol–water partition coefficient (Wildman–Crippen LogP) is 2.46. The molecule has 0 radical (unpaired) electrons. The fourth-order valence-electron chi connectivity index (χ4n) is 5.46. The number of ether oxygens (including phenoxy) is 1. The first-order chi connectivity index (χ1) is 14.0. The van der Waals surface area contributed by atoms with Crippen molar-refractivity contribution in [3.05, 3.63) is 23.8 Å². The summed E-state index contributed by atoms with van der Waals surface area (Å²) in [5, 5.41) is 0. The lowest BCUT2D eigenvalue weighted by Crippen LogP contribution is -2.45. The van der Waals surface area contributed by atoms with Crippen LogP contribution < -0.4 is 4.90 Å². The van der Waals surface area contributed by atoms with Crippen LogP contribution in [0.25, 0.3) is 0 Å². The zero-order valence-corrected chi connectivity index (χ0v) is 17.6. The van der Waals surface area contributed by atoms with Gasteiger partial charge in [0.1, 0.15) is 0 Å². The molecule has 0 aromatic heterocycles. The van der Waals surface area contributed by atoms with Gasteiger partial charge in [0.15, 0.2) is 5.84 Å². The highest BCUT2D eigenvalue weighted by Crippen LogP contribution is 2.45. The van der Waals surface area contributed by atoms with E-state index in [2.05, 4.69) is 4.99 Å². The molecule has 1 aliphatic carbocycles. The van der Waals surface area contributed by atoms with Crippen molar-refractivity contribution in [2.45, 2.75) is 49.5 Å². The molecule has 7 nitrogen and oxygen atoms in total. The van der Waals surface area contributed by atoms with Crippen molar-refractivity contribution in [1.82, 2.24) is 4.31 Å². The van der Waals surface area contributed by atoms with Crippen molar-refractivity contribution in [3.63, 3.8) is 0 Å². The summed E-state index contributed by atoms with van der Waals surface area (Å²) >= 11 is 0. The summed E-state index contributed by atoms with van der Waals surface area (Å²) in [6.45, 7) is 2.38. The van der Waals surface area contributed by atoms with Gasteiger partial charge in [0, 0.05) is 38.2 Å². The maximum absolute atomic E-state index is 13.3. The second kappa shape index (κ2) is 6.89. The minimum absolute atomic E-state index is 0.146. The van der Waals surface area contributed by atoms with Crippen LogP contribution in [0.5, 0.6) is 0 Å². The molecule has 1 atom stereocenters. The first kappa shape index (κ1) is 19.2. The highest BCUT2D eigenvalue weighted by Gasteiger charge is 2.45. The molecule has 1 spiro atoms. The smallest absolute Gasteiger partial charge is 0.243 e. The number of fused-ring (bicyclic) bond motifs is 3. The number of carbonyl (C=O) groups is 1. The van der Waals surface area contributed by atoms with Crippen LogP contribution in [0.4, 0.5) is 5.69 Å². The number of Topliss-reactive ketones (excluding diaryl/α,β-unsaturated/α-hetero) is 1. The number of sulfonamides is 1. The first-order valence-electron chi connectivity index (χ1n) is 10.5. The Morgan fingerprint density at radius 3 is 2.79 bits per heavy atom. The molecule has 0 unspecified atom stereocenters. The second-order valence-corrected chi connectivity index (χ2v) is 10.7. The van der Waals surface area contributed by atoms with Gasteiger partial charge in [-0.15, -0.1) is 0 Å². The standard InChI is InChI=1S/C21H27N3O4S/c1-28-12-15-5-4-10-24(15)29(26,27)16-6-7-18-17(11-16)19(25)20-22-13-21(14-23(18)20)8-2-3-9-21/h6-7,11,15H,2-5,8-10,12-14H2,1H3/t15-/m0/s1. The van der Waals surface area contributed by atoms with E-state index in [0.717, 1.165) is 37.9 Å². The van der Waals surface area contributed by atoms with Crippen LogP contribution in [-0.4, -0.2) is 63.7 Å². The van der Waals surface area contributed by atoms with Crippen LogP contribution in [0, 0.1) is 5.41 Å². The van der Waals surface area contributed by atoms with E-state index in [1.54, 1.807) is 25.3 Å². The number of carbonyl (C=O) groups excluding carboxylic acids is 1. The van der Waals surface area contributed by atoms with Gasteiger partial charge in [-0.05, 0) is 43.9 Å². The molecule has 8 heteroatoms. The van der Waals surface area contributed by atoms with Gasteiger partial charge in [0.2, 0.25) is 15.8 Å². The molecule has 3 aliphatic heterocycles. The monoisotopic (exact) mass is 417 g/mol. The molecule has 1 saturated carbocycles. The maximum Gasteiger partial charge on any atom is 0.243 e. The average molecular weight is 418 g/mol. The summed E-state index contributed by atoms with van der Waals surface area (Å²) in [6.07, 6.45) is 6.34. The van der Waals surface area contributed by atoms with E-state index in [-0.39, 0.29) is 22.1 Å². The number of ketones is 1. The summed E-state index contributed by atoms with van der Waals surface area (Å²) in [6, 6.07) is 4.84. The van der Waals surface area contributed by atoms with E-state index in [0.29, 0.717) is 31.1 Å². The number of methoxy groups -OCH3 is 1. The van der Waals surface area contributed by atoms with E-state index in [9.17, 15) is 13.2 Å². The normalized spacial score (nSPS) is 26.1. The first-order valence-corrected chi connectivity index (χ1v) is 11.9. The lowest BCUT2D eigenvalue weighted by molar-refractivity contribution is 0.106. The molecule has 3 heterocycles. The zero-order valence-electron chi connectivity index (χ0n) is 16.8. The lowest BCUT2D eigenvalue weighted by Gasteiger charge is -2.37. The summed E-state index contributed by atoms with van der Waals surface area (Å²) in [7, 11) is -2.08. The molecule has 0 bridgehead atoms. The molecule has 2 fully saturated rings. The van der Waals surface area contributed by atoms with E-state index >= 15 is 0 Å². The number of benzene rings is 1. The molecule has 4 aliphatic rings. The van der Waals surface area contributed by atoms with E-state index in [1.807, 2.05) is 4.90 Å². The summed E-state index contributed by atoms with van der Waals surface area (Å²) < 4.78 is 33.2. The Kier molecular flexibility index (Phi) is 4.56. The van der Waals surface area contributed by atoms with Crippen LogP contribution >= 0.6 is 0 Å². The molecule has 29 heavy (non-hydrogen) atoms. The average Bonchev–Trinajstić information content (AvgIpc) is 3.42. The third kappa shape index (κ3) is 2.95. The number of nitrogens with zero attached hydrogens (tertiary/aromatic N) is 3. The molecule has 0 N–H and O–H groups in total. The van der Waals surface area contributed by atoms with Crippen molar-refractivity contribution in [1.29, 1.82) is 0 Å². The fourth-order valence-corrected chi connectivity index (χ4v) is 7.16. The van der Waals surface area contributed by atoms with Gasteiger partial charge in [0.05, 0.1) is 22.8 Å². The van der Waals surface area contributed by atoms with Gasteiger partial charge in [0.25, 0.3) is 0 Å². The number of anilines is 1. The Balaban J connectivity index is 1.49. The molecule has 0 amide bonds. The van der Waals surface area contributed by atoms with Crippen LogP contribution in [0.3, 0.4) is 0 Å². The Morgan fingerprint density at radius 2 is 2.03 bits per heavy atom. The Labute approximate surface area is 171 Å². The SMILES string of the molecule is COC[C@@H]1CCCN1S(=O)(=O)c1ccc2c(c1)C(=O)C1=NCC3(CCCC3)CN12. The van der Waals surface area contributed by atoms with Crippen LogP contribution in [0.15, 0.2) is 28.1 Å². The topological polar surface area (TPSA) is 79.3 Å². The van der Waals surface area contributed by atoms with Gasteiger partial charge in [-0.3, -0.25) is 9.79 Å². The largest absolute Gasteiger partial charge is 0.383 e. The molecular weight excluding hydrogens is 390 g/mol. The van der Waals surface area contributed by atoms with Gasteiger partial charge in [-0.25, -0.2) is 8.42 Å². The van der Waals surface area contributed by atoms with E-state index in [1.165, 1.54) is 17.1 Å². The Bertz CT molecular complexity index is 982. The zero-order chi connectivity index (χ0) is 20.2. The highest BCUT2D eigenvalue weighted by atomic mass is 32.2. The lowest BCUT2D eigenvalue weighted by atomic mass is 9.84. The molecule has 1 aromatic rings. The van der Waals surface area contributed by atoms with Gasteiger partial charge >= 0.3 is 0 Å². The minimum atomic E-state index is -3.67. The van der Waals surface area contributed by atoms with Crippen molar-refractivity contribution in [2.75, 3.05) is 38.3 Å². The van der Waals surface area contributed by atoms with Gasteiger partial charge < -0.3 is 9.64 Å². The summed E-state index contributed by atoms with van der Waals surface area (Å²) in [5.74, 6) is 0.324. The van der Waals surface area contributed by atoms with E-state index in [4.69, 9.17) is 4.74 Å². The predicted molar refractivity (Wildman–Crippen MR) is 110 cm³/mol. The van der Waals surface area contributed by atoms with Crippen LogP contribution in [0.1, 0.15) is 48.9 Å². The van der Waals surface area contributed by atoms with E-state index < -0.39 is 10.0 Å². The summed E-state index contributed by atoms with van der Waals surface area (Å²) in [5.41, 5.74) is 1.43. The van der Waals surface area contributed by atoms with Gasteiger partial charge in [-0.1, -0.05) is 12.8 Å². The van der Waals surface area contributed by atoms with Crippen molar-refractivity contribution in [3.8, 4) is 0 Å². The molecule has 156 valence electrons. The molecule has 1 saturated heterocycles. The fraction of sp³-hybridized carbons (Fsp3) is 0.619. The maximum atomic E-state index is 13.3. The number of rotatable bonds is 4. The molecular formula is C21H27N3O4S. The molecule has 5 rings (SSSR count). The van der Waals surface area contributed by atoms with Crippen LogP contribution in [-0.2, 0) is 14.8 Å². The molecule has 1 aromatic carbocycles. The van der Waals surface area contributed by atoms with Crippen molar-refractivity contribution < 1.29 is 17.9 Å². The van der Waals surface area contributed by atoms with Crippen molar-refractivity contribution >= 4 is 27.3 Å². The third-order valence-corrected chi connectivity index (χ3v) is 8.92. The second-order valence-electron chi connectivity index (χ2n) is 8.81. The Morgan fingerprint density at radius 1 is 1.24 bits per heavy atom. The minimum Gasteiger partial charge on any atom is -0.383 e. The summed E-state index contributed by atoms with van der Waals surface area (Å²) in [4.78, 5) is 19.8.